The first-order valence-corrected chi connectivity index (χ1v) is 9.42. The number of hydrogen-bond acceptors (Lipinski definition) is 3. The Labute approximate surface area is 155 Å². The number of carbonyl (C=O) groups excluding carboxylic acids is 1. The summed E-state index contributed by atoms with van der Waals surface area (Å²) in [6, 6.07) is 17.5. The third-order valence-electron chi connectivity index (χ3n) is 4.89. The zero-order chi connectivity index (χ0) is 18.2. The minimum absolute atomic E-state index is 0.0721. The molecule has 1 aliphatic rings. The molecule has 0 radical (unpaired) electrons. The summed E-state index contributed by atoms with van der Waals surface area (Å²) in [5.41, 5.74) is 0.680. The summed E-state index contributed by atoms with van der Waals surface area (Å²) in [6.45, 7) is 0.898. The number of hydrogen-bond donors (Lipinski definition) is 0. The molecule has 2 aromatic rings. The van der Waals surface area contributed by atoms with Crippen LogP contribution in [0.1, 0.15) is 42.5 Å². The van der Waals surface area contributed by atoms with E-state index in [9.17, 15) is 4.79 Å². The van der Waals surface area contributed by atoms with Gasteiger partial charge in [0, 0.05) is 18.7 Å². The first kappa shape index (κ1) is 18.3. The molecule has 2 aromatic carbocycles. The van der Waals surface area contributed by atoms with E-state index in [-0.39, 0.29) is 5.91 Å². The zero-order valence-electron chi connectivity index (χ0n) is 15.4. The predicted octanol–water partition coefficient (Wildman–Crippen LogP) is 4.55. The molecule has 1 aliphatic carbocycles. The first-order valence-electron chi connectivity index (χ1n) is 9.42. The van der Waals surface area contributed by atoms with Crippen LogP contribution in [0.25, 0.3) is 0 Å². The molecular weight excluding hydrogens is 326 g/mol. The molecule has 0 aliphatic heterocycles. The molecule has 4 nitrogen and oxygen atoms in total. The van der Waals surface area contributed by atoms with Gasteiger partial charge in [-0.05, 0) is 43.2 Å². The average molecular weight is 353 g/mol. The van der Waals surface area contributed by atoms with Crippen LogP contribution >= 0.6 is 0 Å². The summed E-state index contributed by atoms with van der Waals surface area (Å²) in [6.07, 6.45) is 5.93. The van der Waals surface area contributed by atoms with E-state index in [2.05, 4.69) is 0 Å². The van der Waals surface area contributed by atoms with Crippen molar-refractivity contribution in [3.63, 3.8) is 0 Å². The number of benzene rings is 2. The van der Waals surface area contributed by atoms with Crippen LogP contribution in [0.5, 0.6) is 11.5 Å². The van der Waals surface area contributed by atoms with E-state index in [4.69, 9.17) is 9.47 Å². The maximum Gasteiger partial charge on any atom is 0.253 e. The fraction of sp³-hybridized carbons (Fsp3) is 0.409. The Balaban J connectivity index is 1.51. The number of carbonyl (C=O) groups is 1. The number of nitrogens with zero attached hydrogens (tertiary/aromatic N) is 1. The fourth-order valence-corrected chi connectivity index (χ4v) is 3.39. The lowest BCUT2D eigenvalue weighted by molar-refractivity contribution is 0.0695. The minimum atomic E-state index is 0.0721. The Morgan fingerprint density at radius 3 is 2.31 bits per heavy atom. The van der Waals surface area contributed by atoms with E-state index in [1.165, 1.54) is 19.3 Å². The van der Waals surface area contributed by atoms with Gasteiger partial charge in [-0.2, -0.15) is 0 Å². The van der Waals surface area contributed by atoms with Gasteiger partial charge in [0.2, 0.25) is 0 Å². The summed E-state index contributed by atoms with van der Waals surface area (Å²) in [5.74, 6) is 1.60. The highest BCUT2D eigenvalue weighted by Crippen LogP contribution is 2.23. The summed E-state index contributed by atoms with van der Waals surface area (Å²) < 4.78 is 11.4. The second kappa shape index (κ2) is 9.27. The number of amides is 1. The maximum absolute atomic E-state index is 12.8. The minimum Gasteiger partial charge on any atom is -0.490 e. The van der Waals surface area contributed by atoms with Crippen LogP contribution in [0.15, 0.2) is 54.6 Å². The number of para-hydroxylation sites is 1. The van der Waals surface area contributed by atoms with Crippen LogP contribution in [-0.2, 0) is 0 Å². The van der Waals surface area contributed by atoms with Crippen molar-refractivity contribution in [3.8, 4) is 11.5 Å². The molecule has 1 saturated carbocycles. The van der Waals surface area contributed by atoms with Crippen LogP contribution < -0.4 is 9.47 Å². The molecule has 1 fully saturated rings. The van der Waals surface area contributed by atoms with Crippen molar-refractivity contribution in [2.45, 2.75) is 38.1 Å². The summed E-state index contributed by atoms with van der Waals surface area (Å²) in [5, 5.41) is 0. The molecule has 0 unspecified atom stereocenters. The largest absolute Gasteiger partial charge is 0.490 e. The third kappa shape index (κ3) is 5.01. The summed E-state index contributed by atoms with van der Waals surface area (Å²) >= 11 is 0. The molecule has 0 heterocycles. The molecule has 0 spiro atoms. The maximum atomic E-state index is 12.8. The lowest BCUT2D eigenvalue weighted by atomic mass is 9.94. The molecule has 0 N–H and O–H groups in total. The van der Waals surface area contributed by atoms with E-state index in [1.807, 2.05) is 66.5 Å². The highest BCUT2D eigenvalue weighted by molar-refractivity contribution is 5.94. The van der Waals surface area contributed by atoms with Gasteiger partial charge in [0.25, 0.3) is 5.91 Å². The molecule has 1 amide bonds. The van der Waals surface area contributed by atoms with Crippen molar-refractivity contribution in [1.29, 1.82) is 0 Å². The number of rotatable bonds is 7. The van der Waals surface area contributed by atoms with Crippen LogP contribution in [0.4, 0.5) is 0 Å². The van der Waals surface area contributed by atoms with E-state index >= 15 is 0 Å². The van der Waals surface area contributed by atoms with Gasteiger partial charge in [-0.1, -0.05) is 43.5 Å². The Kier molecular flexibility index (Phi) is 6.53. The molecule has 0 saturated heterocycles. The van der Waals surface area contributed by atoms with Crippen LogP contribution in [0.3, 0.4) is 0 Å². The molecule has 138 valence electrons. The van der Waals surface area contributed by atoms with Crippen LogP contribution in [0, 0.1) is 0 Å². The van der Waals surface area contributed by atoms with Gasteiger partial charge >= 0.3 is 0 Å². The fourth-order valence-electron chi connectivity index (χ4n) is 3.39. The standard InChI is InChI=1S/C22H27NO3/c1-23(19-10-4-2-5-11-19)22(24)18-9-8-14-21(17-18)26-16-15-25-20-12-6-3-7-13-20/h3,6-9,12-14,17,19H,2,4-5,10-11,15-16H2,1H3. The summed E-state index contributed by atoms with van der Waals surface area (Å²) in [7, 11) is 1.92. The molecule has 3 rings (SSSR count). The SMILES string of the molecule is CN(C(=O)c1cccc(OCCOc2ccccc2)c1)C1CCCCC1. The smallest absolute Gasteiger partial charge is 0.253 e. The topological polar surface area (TPSA) is 38.8 Å². The molecule has 26 heavy (non-hydrogen) atoms. The Hall–Kier alpha value is -2.49. The highest BCUT2D eigenvalue weighted by atomic mass is 16.5. The van der Waals surface area contributed by atoms with Gasteiger partial charge in [0.05, 0.1) is 0 Å². The first-order chi connectivity index (χ1) is 12.7. The molecule has 0 bridgehead atoms. The Bertz CT molecular complexity index is 696. The van der Waals surface area contributed by atoms with Gasteiger partial charge in [0.1, 0.15) is 24.7 Å². The van der Waals surface area contributed by atoms with Crippen molar-refractivity contribution >= 4 is 5.91 Å². The van der Waals surface area contributed by atoms with Crippen LogP contribution in [-0.4, -0.2) is 37.1 Å². The van der Waals surface area contributed by atoms with Gasteiger partial charge in [-0.3, -0.25) is 4.79 Å². The van der Waals surface area contributed by atoms with Gasteiger partial charge in [0.15, 0.2) is 0 Å². The zero-order valence-corrected chi connectivity index (χ0v) is 15.4. The van der Waals surface area contributed by atoms with E-state index in [0.717, 1.165) is 18.6 Å². The number of ether oxygens (including phenoxy) is 2. The normalized spacial score (nSPS) is 14.7. The predicted molar refractivity (Wildman–Crippen MR) is 103 cm³/mol. The van der Waals surface area contributed by atoms with Crippen LogP contribution in [0.2, 0.25) is 0 Å². The Morgan fingerprint density at radius 2 is 1.58 bits per heavy atom. The Morgan fingerprint density at radius 1 is 0.923 bits per heavy atom. The van der Waals surface area contributed by atoms with Gasteiger partial charge < -0.3 is 14.4 Å². The molecular formula is C22H27NO3. The average Bonchev–Trinajstić information content (AvgIpc) is 2.72. The second-order valence-corrected chi connectivity index (χ2v) is 6.75. The second-order valence-electron chi connectivity index (χ2n) is 6.75. The lowest BCUT2D eigenvalue weighted by Gasteiger charge is -2.31. The van der Waals surface area contributed by atoms with Gasteiger partial charge in [-0.25, -0.2) is 0 Å². The third-order valence-corrected chi connectivity index (χ3v) is 4.89. The molecule has 0 aromatic heterocycles. The molecule has 0 atom stereocenters. The monoisotopic (exact) mass is 353 g/mol. The van der Waals surface area contributed by atoms with Crippen molar-refractivity contribution < 1.29 is 14.3 Å². The summed E-state index contributed by atoms with van der Waals surface area (Å²) in [4.78, 5) is 14.7. The quantitative estimate of drug-likeness (QED) is 0.686. The molecule has 4 heteroatoms. The van der Waals surface area contributed by atoms with Crippen molar-refractivity contribution in [2.24, 2.45) is 0 Å². The van der Waals surface area contributed by atoms with Gasteiger partial charge in [-0.15, -0.1) is 0 Å². The van der Waals surface area contributed by atoms with Crippen molar-refractivity contribution in [2.75, 3.05) is 20.3 Å². The van der Waals surface area contributed by atoms with E-state index in [1.54, 1.807) is 0 Å². The van der Waals surface area contributed by atoms with E-state index < -0.39 is 0 Å². The van der Waals surface area contributed by atoms with E-state index in [0.29, 0.717) is 30.6 Å². The van der Waals surface area contributed by atoms with Crippen molar-refractivity contribution in [3.05, 3.63) is 60.2 Å². The van der Waals surface area contributed by atoms with Crippen molar-refractivity contribution in [1.82, 2.24) is 4.90 Å². The highest BCUT2D eigenvalue weighted by Gasteiger charge is 2.23. The lowest BCUT2D eigenvalue weighted by Crippen LogP contribution is -2.38.